The Morgan fingerprint density at radius 2 is 2.29 bits per heavy atom. The summed E-state index contributed by atoms with van der Waals surface area (Å²) in [5.41, 5.74) is 3.11. The molecule has 0 saturated heterocycles. The second kappa shape index (κ2) is 6.98. The SMILES string of the molecule is CC(C)Oc1ccc(/C=N/Nc2nncc(=O)[nH]2)cc1Br. The molecule has 0 aliphatic carbocycles. The van der Waals surface area contributed by atoms with E-state index < -0.39 is 0 Å². The second-order valence-electron chi connectivity index (χ2n) is 4.41. The Morgan fingerprint density at radius 1 is 1.48 bits per heavy atom. The van der Waals surface area contributed by atoms with Gasteiger partial charge in [-0.05, 0) is 53.5 Å². The standard InChI is InChI=1S/C13H14BrN5O2/c1-8(2)21-11-4-3-9(5-10(11)14)6-15-18-13-17-12(20)7-16-19-13/h3-8H,1-2H3,(H2,17,18,19,20)/b15-6+. The molecule has 0 spiro atoms. The number of hydrogen-bond donors (Lipinski definition) is 2. The Balaban J connectivity index is 2.04. The van der Waals surface area contributed by atoms with E-state index in [2.05, 4.69) is 41.6 Å². The Labute approximate surface area is 129 Å². The molecule has 0 saturated carbocycles. The van der Waals surface area contributed by atoms with Gasteiger partial charge in [-0.3, -0.25) is 9.78 Å². The maximum Gasteiger partial charge on any atom is 0.271 e. The summed E-state index contributed by atoms with van der Waals surface area (Å²) in [7, 11) is 0. The number of nitrogens with one attached hydrogen (secondary N) is 2. The predicted molar refractivity (Wildman–Crippen MR) is 83.8 cm³/mol. The number of aromatic amines is 1. The third-order valence-corrected chi connectivity index (χ3v) is 2.90. The number of benzene rings is 1. The van der Waals surface area contributed by atoms with Gasteiger partial charge in [-0.1, -0.05) is 0 Å². The maximum atomic E-state index is 11.0. The number of hydrazone groups is 1. The first kappa shape index (κ1) is 15.2. The molecule has 0 fully saturated rings. The summed E-state index contributed by atoms with van der Waals surface area (Å²) >= 11 is 3.45. The summed E-state index contributed by atoms with van der Waals surface area (Å²) in [6, 6.07) is 5.60. The van der Waals surface area contributed by atoms with Gasteiger partial charge in [0, 0.05) is 0 Å². The van der Waals surface area contributed by atoms with Crippen molar-refractivity contribution in [2.24, 2.45) is 5.10 Å². The lowest BCUT2D eigenvalue weighted by molar-refractivity contribution is 0.241. The van der Waals surface area contributed by atoms with E-state index in [0.29, 0.717) is 0 Å². The molecule has 21 heavy (non-hydrogen) atoms. The molecule has 1 aromatic carbocycles. The lowest BCUT2D eigenvalue weighted by Crippen LogP contribution is -2.10. The zero-order valence-electron chi connectivity index (χ0n) is 11.5. The molecule has 0 bridgehead atoms. The van der Waals surface area contributed by atoms with Crippen LogP contribution in [-0.2, 0) is 0 Å². The molecular weight excluding hydrogens is 338 g/mol. The lowest BCUT2D eigenvalue weighted by Gasteiger charge is -2.11. The van der Waals surface area contributed by atoms with Gasteiger partial charge in [-0.15, -0.1) is 10.2 Å². The highest BCUT2D eigenvalue weighted by atomic mass is 79.9. The first-order chi connectivity index (χ1) is 10.0. The molecule has 2 aromatic rings. The monoisotopic (exact) mass is 351 g/mol. The van der Waals surface area contributed by atoms with Gasteiger partial charge in [0.2, 0.25) is 5.95 Å². The van der Waals surface area contributed by atoms with Crippen LogP contribution in [0.25, 0.3) is 0 Å². The van der Waals surface area contributed by atoms with Gasteiger partial charge in [0.25, 0.3) is 5.56 Å². The highest BCUT2D eigenvalue weighted by Crippen LogP contribution is 2.26. The molecule has 0 radical (unpaired) electrons. The minimum atomic E-state index is -0.347. The van der Waals surface area contributed by atoms with Gasteiger partial charge >= 0.3 is 0 Å². The molecule has 0 aliphatic heterocycles. The quantitative estimate of drug-likeness (QED) is 0.636. The number of nitrogens with zero attached hydrogens (tertiary/aromatic N) is 3. The van der Waals surface area contributed by atoms with Crippen molar-refractivity contribution in [2.45, 2.75) is 20.0 Å². The third-order valence-electron chi connectivity index (χ3n) is 2.28. The largest absolute Gasteiger partial charge is 0.490 e. The Bertz CT molecular complexity index is 699. The summed E-state index contributed by atoms with van der Waals surface area (Å²) in [6.07, 6.45) is 2.78. The number of ether oxygens (including phenoxy) is 1. The van der Waals surface area contributed by atoms with E-state index in [1.807, 2.05) is 32.0 Å². The average Bonchev–Trinajstić information content (AvgIpc) is 2.41. The van der Waals surface area contributed by atoms with E-state index in [4.69, 9.17) is 4.74 Å². The van der Waals surface area contributed by atoms with Crippen LogP contribution in [0.4, 0.5) is 5.95 Å². The maximum absolute atomic E-state index is 11.0. The molecule has 7 nitrogen and oxygen atoms in total. The summed E-state index contributed by atoms with van der Waals surface area (Å²) in [6.45, 7) is 3.93. The molecule has 1 heterocycles. The van der Waals surface area contributed by atoms with Crippen molar-refractivity contribution >= 4 is 28.1 Å². The van der Waals surface area contributed by atoms with Gasteiger partial charge in [-0.2, -0.15) is 5.10 Å². The molecule has 110 valence electrons. The number of aromatic nitrogens is 3. The lowest BCUT2D eigenvalue weighted by atomic mass is 10.2. The van der Waals surface area contributed by atoms with Gasteiger partial charge in [-0.25, -0.2) is 5.43 Å². The first-order valence-corrected chi connectivity index (χ1v) is 7.01. The van der Waals surface area contributed by atoms with E-state index in [9.17, 15) is 4.79 Å². The fourth-order valence-corrected chi connectivity index (χ4v) is 1.97. The number of hydrogen-bond acceptors (Lipinski definition) is 6. The van der Waals surface area contributed by atoms with Crippen LogP contribution in [0.15, 0.2) is 38.8 Å². The van der Waals surface area contributed by atoms with Gasteiger partial charge in [0.1, 0.15) is 11.9 Å². The van der Waals surface area contributed by atoms with Crippen molar-refractivity contribution < 1.29 is 4.74 Å². The van der Waals surface area contributed by atoms with Crippen LogP contribution in [0.2, 0.25) is 0 Å². The highest BCUT2D eigenvalue weighted by molar-refractivity contribution is 9.10. The number of halogens is 1. The zero-order valence-corrected chi connectivity index (χ0v) is 13.1. The van der Waals surface area contributed by atoms with Crippen LogP contribution < -0.4 is 15.7 Å². The van der Waals surface area contributed by atoms with Crippen molar-refractivity contribution in [3.05, 3.63) is 44.8 Å². The smallest absolute Gasteiger partial charge is 0.271 e. The number of rotatable bonds is 5. The normalized spacial score (nSPS) is 11.0. The molecule has 0 amide bonds. The van der Waals surface area contributed by atoms with E-state index in [0.717, 1.165) is 22.0 Å². The van der Waals surface area contributed by atoms with Crippen LogP contribution >= 0.6 is 15.9 Å². The van der Waals surface area contributed by atoms with Crippen molar-refractivity contribution in [3.63, 3.8) is 0 Å². The third kappa shape index (κ3) is 4.67. The fourth-order valence-electron chi connectivity index (χ4n) is 1.48. The van der Waals surface area contributed by atoms with Crippen molar-refractivity contribution in [1.29, 1.82) is 0 Å². The molecule has 2 N–H and O–H groups in total. The predicted octanol–water partition coefficient (Wildman–Crippen LogP) is 2.16. The highest BCUT2D eigenvalue weighted by Gasteiger charge is 2.03. The molecule has 1 aromatic heterocycles. The summed E-state index contributed by atoms with van der Waals surface area (Å²) < 4.78 is 6.46. The van der Waals surface area contributed by atoms with Crippen LogP contribution in [0, 0.1) is 0 Å². The van der Waals surface area contributed by atoms with E-state index >= 15 is 0 Å². The molecule has 2 rings (SSSR count). The second-order valence-corrected chi connectivity index (χ2v) is 5.26. The summed E-state index contributed by atoms with van der Waals surface area (Å²) in [4.78, 5) is 13.5. The van der Waals surface area contributed by atoms with Gasteiger partial charge in [0.15, 0.2) is 0 Å². The molecular formula is C13H14BrN5O2. The van der Waals surface area contributed by atoms with Crippen molar-refractivity contribution in [1.82, 2.24) is 15.2 Å². The Morgan fingerprint density at radius 3 is 2.95 bits per heavy atom. The minimum absolute atomic E-state index is 0.107. The number of H-pyrrole nitrogens is 1. The van der Waals surface area contributed by atoms with E-state index in [1.54, 1.807) is 6.21 Å². The topological polar surface area (TPSA) is 92.3 Å². The van der Waals surface area contributed by atoms with E-state index in [-0.39, 0.29) is 17.6 Å². The van der Waals surface area contributed by atoms with Crippen molar-refractivity contribution in [3.8, 4) is 5.75 Å². The average molecular weight is 352 g/mol. The first-order valence-electron chi connectivity index (χ1n) is 6.22. The number of anilines is 1. The summed E-state index contributed by atoms with van der Waals surface area (Å²) in [5.74, 6) is 0.950. The van der Waals surface area contributed by atoms with Crippen LogP contribution in [0.1, 0.15) is 19.4 Å². The molecule has 0 unspecified atom stereocenters. The molecule has 8 heteroatoms. The fraction of sp³-hybridized carbons (Fsp3) is 0.231. The van der Waals surface area contributed by atoms with E-state index in [1.165, 1.54) is 0 Å². The molecule has 0 atom stereocenters. The minimum Gasteiger partial charge on any atom is -0.490 e. The van der Waals surface area contributed by atoms with Gasteiger partial charge < -0.3 is 4.74 Å². The van der Waals surface area contributed by atoms with Crippen LogP contribution in [0.5, 0.6) is 5.75 Å². The zero-order chi connectivity index (χ0) is 15.2. The molecule has 0 aliphatic rings. The summed E-state index contributed by atoms with van der Waals surface area (Å²) in [5, 5.41) is 11.2. The van der Waals surface area contributed by atoms with Crippen molar-refractivity contribution in [2.75, 3.05) is 5.43 Å². The Kier molecular flexibility index (Phi) is 5.04. The Hall–Kier alpha value is -2.22. The van der Waals surface area contributed by atoms with Crippen LogP contribution in [0.3, 0.4) is 0 Å². The van der Waals surface area contributed by atoms with Gasteiger partial charge in [0.05, 0.1) is 16.8 Å². The van der Waals surface area contributed by atoms with Crippen LogP contribution in [-0.4, -0.2) is 27.5 Å².